The first-order valence-electron chi connectivity index (χ1n) is 13.2. The van der Waals surface area contributed by atoms with E-state index in [1.807, 2.05) is 0 Å². The Balaban J connectivity index is 0.000000162. The number of hydrogen-bond donors (Lipinski definition) is 4. The summed E-state index contributed by atoms with van der Waals surface area (Å²) in [6, 6.07) is 0. The summed E-state index contributed by atoms with van der Waals surface area (Å²) in [5.74, 6) is 0. The monoisotopic (exact) mass is 488 g/mol. The normalized spacial score (nSPS) is 46.2. The van der Waals surface area contributed by atoms with Gasteiger partial charge in [-0.3, -0.25) is 0 Å². The van der Waals surface area contributed by atoms with Crippen LogP contribution in [0.2, 0.25) is 0 Å². The summed E-state index contributed by atoms with van der Waals surface area (Å²) in [5, 5.41) is 37.9. The Morgan fingerprint density at radius 1 is 0.882 bits per heavy atom. The molecule has 5 aliphatic heterocycles. The minimum atomic E-state index is -0.896. The summed E-state index contributed by atoms with van der Waals surface area (Å²) >= 11 is 0. The Morgan fingerprint density at radius 3 is 2.21 bits per heavy atom. The second-order valence-corrected chi connectivity index (χ2v) is 10.7. The first kappa shape index (κ1) is 26.7. The highest BCUT2D eigenvalue weighted by atomic mass is 16.7. The molecule has 34 heavy (non-hydrogen) atoms. The van der Waals surface area contributed by atoms with Gasteiger partial charge in [0.25, 0.3) is 0 Å². The number of aliphatic hydroxyl groups is 4. The molecule has 0 saturated carbocycles. The van der Waals surface area contributed by atoms with Crippen LogP contribution in [0.15, 0.2) is 0 Å². The van der Waals surface area contributed by atoms with Crippen LogP contribution in [0.1, 0.15) is 78.1 Å². The van der Waals surface area contributed by atoms with E-state index in [0.717, 1.165) is 57.8 Å². The first-order chi connectivity index (χ1) is 16.4. The summed E-state index contributed by atoms with van der Waals surface area (Å²) < 4.78 is 29.2. The fraction of sp³-hybridized carbons (Fsp3) is 1.00. The van der Waals surface area contributed by atoms with Gasteiger partial charge in [-0.25, -0.2) is 0 Å². The number of hydrogen-bond acceptors (Lipinski definition) is 9. The molecule has 5 heterocycles. The van der Waals surface area contributed by atoms with Gasteiger partial charge in [-0.2, -0.15) is 0 Å². The van der Waals surface area contributed by atoms with E-state index in [-0.39, 0.29) is 43.2 Å². The third-order valence-corrected chi connectivity index (χ3v) is 8.17. The fourth-order valence-corrected chi connectivity index (χ4v) is 6.36. The standard InChI is InChI=1S/C13H24O5.C12H20O4/c1-2-3-9-4-5-12-13(8-15,18-9)6-11(17-12)10(16)7-14;1-2-3-8-4-5-10-12(16-8)6-9(15-10)11(13)14-7-12/h9-12,14-16H,2-8H2,1H3;8-11,13H,2-7H2,1H3/t9-,10+,11+,12-,13+;8-,9+,10-,11?,12+/m00/s1. The van der Waals surface area contributed by atoms with Gasteiger partial charge in [0.2, 0.25) is 0 Å². The molecule has 0 amide bonds. The molecule has 4 N–H and O–H groups in total. The van der Waals surface area contributed by atoms with Gasteiger partial charge in [0.1, 0.15) is 23.4 Å². The first-order valence-corrected chi connectivity index (χ1v) is 13.2. The van der Waals surface area contributed by atoms with Gasteiger partial charge in [-0.05, 0) is 38.5 Å². The maximum absolute atomic E-state index is 9.67. The molecular formula is C25H44O9. The van der Waals surface area contributed by atoms with Crippen LogP contribution in [-0.4, -0.2) is 100 Å². The molecule has 5 aliphatic rings. The number of rotatable bonds is 7. The summed E-state index contributed by atoms with van der Waals surface area (Å²) in [6.45, 7) is 4.37. The molecule has 9 nitrogen and oxygen atoms in total. The van der Waals surface area contributed by atoms with Crippen molar-refractivity contribution in [3.05, 3.63) is 0 Å². The lowest BCUT2D eigenvalue weighted by molar-refractivity contribution is -0.222. The molecule has 198 valence electrons. The van der Waals surface area contributed by atoms with Crippen molar-refractivity contribution in [1.82, 2.24) is 0 Å². The smallest absolute Gasteiger partial charge is 0.181 e. The van der Waals surface area contributed by atoms with Crippen LogP contribution in [-0.2, 0) is 23.7 Å². The molecular weight excluding hydrogens is 444 g/mol. The molecule has 5 fully saturated rings. The van der Waals surface area contributed by atoms with Crippen molar-refractivity contribution in [2.45, 2.75) is 138 Å². The van der Waals surface area contributed by atoms with Crippen molar-refractivity contribution in [2.24, 2.45) is 0 Å². The molecule has 5 rings (SSSR count). The number of ether oxygens (including phenoxy) is 5. The van der Waals surface area contributed by atoms with Crippen LogP contribution in [0.4, 0.5) is 0 Å². The molecule has 0 aliphatic carbocycles. The average Bonchev–Trinajstić information content (AvgIpc) is 3.38. The summed E-state index contributed by atoms with van der Waals surface area (Å²) in [7, 11) is 0. The highest BCUT2D eigenvalue weighted by molar-refractivity contribution is 5.05. The summed E-state index contributed by atoms with van der Waals surface area (Å²) in [5.41, 5.74) is -0.944. The van der Waals surface area contributed by atoms with E-state index in [1.54, 1.807) is 0 Å². The van der Waals surface area contributed by atoms with Crippen LogP contribution < -0.4 is 0 Å². The second kappa shape index (κ2) is 11.4. The molecule has 0 aromatic rings. The van der Waals surface area contributed by atoms with Crippen molar-refractivity contribution in [2.75, 3.05) is 19.8 Å². The highest BCUT2D eigenvalue weighted by Gasteiger charge is 2.58. The molecule has 1 spiro atoms. The SMILES string of the molecule is CCC[C@H]1CC[C@@H]2O[C@@H]([C@H](O)CO)C[C@]2(CO)O1.CCC[C@H]1CC[C@@H]2O[C@@H]3C[C@]2(COC3O)O1. The maximum atomic E-state index is 9.67. The molecule has 0 aromatic heterocycles. The third kappa shape index (κ3) is 5.33. The predicted octanol–water partition coefficient (Wildman–Crippen LogP) is 1.42. The zero-order chi connectivity index (χ0) is 24.3. The average molecular weight is 489 g/mol. The lowest BCUT2D eigenvalue weighted by Gasteiger charge is -2.42. The van der Waals surface area contributed by atoms with Crippen LogP contribution in [0.5, 0.6) is 0 Å². The van der Waals surface area contributed by atoms with E-state index < -0.39 is 24.1 Å². The van der Waals surface area contributed by atoms with Crippen LogP contribution in [0, 0.1) is 0 Å². The molecule has 10 atom stereocenters. The van der Waals surface area contributed by atoms with Gasteiger partial charge < -0.3 is 44.1 Å². The Labute approximate surface area is 202 Å². The van der Waals surface area contributed by atoms with E-state index in [0.29, 0.717) is 19.1 Å². The quantitative estimate of drug-likeness (QED) is 0.421. The van der Waals surface area contributed by atoms with E-state index in [2.05, 4.69) is 13.8 Å². The van der Waals surface area contributed by atoms with Crippen molar-refractivity contribution < 1.29 is 44.1 Å². The number of fused-ring (bicyclic) bond motifs is 2. The lowest BCUT2D eigenvalue weighted by atomic mass is 9.85. The number of aliphatic hydroxyl groups excluding tert-OH is 4. The predicted molar refractivity (Wildman–Crippen MR) is 122 cm³/mol. The molecule has 5 saturated heterocycles. The Kier molecular flexibility index (Phi) is 8.92. The van der Waals surface area contributed by atoms with Crippen molar-refractivity contribution in [1.29, 1.82) is 0 Å². The van der Waals surface area contributed by atoms with E-state index in [4.69, 9.17) is 28.8 Å². The van der Waals surface area contributed by atoms with E-state index in [9.17, 15) is 15.3 Å². The third-order valence-electron chi connectivity index (χ3n) is 8.17. The molecule has 9 heteroatoms. The lowest BCUT2D eigenvalue weighted by Crippen LogP contribution is -2.53. The second-order valence-electron chi connectivity index (χ2n) is 10.7. The minimum Gasteiger partial charge on any atom is -0.394 e. The maximum Gasteiger partial charge on any atom is 0.181 e. The van der Waals surface area contributed by atoms with Gasteiger partial charge in [-0.1, -0.05) is 26.7 Å². The van der Waals surface area contributed by atoms with Crippen LogP contribution >= 0.6 is 0 Å². The molecule has 1 unspecified atom stereocenters. The van der Waals surface area contributed by atoms with Crippen molar-refractivity contribution >= 4 is 0 Å². The zero-order valence-corrected chi connectivity index (χ0v) is 20.6. The fourth-order valence-electron chi connectivity index (χ4n) is 6.36. The summed E-state index contributed by atoms with van der Waals surface area (Å²) in [6.07, 6.45) is 7.66. The van der Waals surface area contributed by atoms with Crippen LogP contribution in [0.3, 0.4) is 0 Å². The van der Waals surface area contributed by atoms with E-state index >= 15 is 0 Å². The van der Waals surface area contributed by atoms with Gasteiger partial charge >= 0.3 is 0 Å². The van der Waals surface area contributed by atoms with Gasteiger partial charge in [0, 0.05) is 12.8 Å². The molecule has 0 radical (unpaired) electrons. The van der Waals surface area contributed by atoms with E-state index in [1.165, 1.54) is 0 Å². The highest BCUT2D eigenvalue weighted by Crippen LogP contribution is 2.46. The van der Waals surface area contributed by atoms with Crippen LogP contribution in [0.25, 0.3) is 0 Å². The van der Waals surface area contributed by atoms with Gasteiger partial charge in [0.05, 0.1) is 50.3 Å². The van der Waals surface area contributed by atoms with Gasteiger partial charge in [-0.15, -0.1) is 0 Å². The zero-order valence-electron chi connectivity index (χ0n) is 20.6. The largest absolute Gasteiger partial charge is 0.394 e. The van der Waals surface area contributed by atoms with Crippen molar-refractivity contribution in [3.63, 3.8) is 0 Å². The van der Waals surface area contributed by atoms with Gasteiger partial charge in [0.15, 0.2) is 6.29 Å². The minimum absolute atomic E-state index is 0.0907. The Hall–Kier alpha value is -0.360. The van der Waals surface area contributed by atoms with Crippen molar-refractivity contribution in [3.8, 4) is 0 Å². The Bertz CT molecular complexity index is 650. The Morgan fingerprint density at radius 2 is 1.56 bits per heavy atom. The molecule has 2 bridgehead atoms. The topological polar surface area (TPSA) is 127 Å². The molecule has 0 aromatic carbocycles. The summed E-state index contributed by atoms with van der Waals surface area (Å²) in [4.78, 5) is 0.